The largest absolute Gasteiger partial charge is 0.496 e. The van der Waals surface area contributed by atoms with Crippen molar-refractivity contribution >= 4 is 40.5 Å². The molecule has 2 aromatic carbocycles. The molecule has 0 saturated heterocycles. The van der Waals surface area contributed by atoms with Crippen molar-refractivity contribution in [2.24, 2.45) is 0 Å². The Balaban J connectivity index is 1.53. The maximum Gasteiger partial charge on any atom is 0.342 e. The summed E-state index contributed by atoms with van der Waals surface area (Å²) in [5, 5.41) is 2.30. The molecule has 3 aromatic rings. The monoisotopic (exact) mass is 473 g/mol. The third-order valence-electron chi connectivity index (χ3n) is 4.74. The lowest BCUT2D eigenvalue weighted by Gasteiger charge is -2.25. The van der Waals surface area contributed by atoms with E-state index < -0.39 is 12.6 Å². The zero-order valence-electron chi connectivity index (χ0n) is 17.2. The van der Waals surface area contributed by atoms with E-state index in [9.17, 15) is 9.59 Å². The number of hydrogen-bond donors (Lipinski definition) is 0. The van der Waals surface area contributed by atoms with Gasteiger partial charge in [-0.15, -0.1) is 11.3 Å². The molecule has 4 rings (SSSR count). The maximum absolute atomic E-state index is 13.1. The molecule has 0 bridgehead atoms. The molecule has 1 aromatic heterocycles. The second-order valence-corrected chi connectivity index (χ2v) is 8.28. The molecule has 1 aliphatic heterocycles. The van der Waals surface area contributed by atoms with Crippen LogP contribution in [0.3, 0.4) is 0 Å². The van der Waals surface area contributed by atoms with Gasteiger partial charge in [0.05, 0.1) is 13.7 Å². The molecule has 0 unspecified atom stereocenters. The van der Waals surface area contributed by atoms with Gasteiger partial charge in [-0.2, -0.15) is 0 Å². The summed E-state index contributed by atoms with van der Waals surface area (Å²) < 4.78 is 21.7. The lowest BCUT2D eigenvalue weighted by molar-refractivity contribution is -0.121. The Morgan fingerprint density at radius 2 is 1.91 bits per heavy atom. The summed E-state index contributed by atoms with van der Waals surface area (Å²) in [7, 11) is 1.44. The van der Waals surface area contributed by atoms with Crippen molar-refractivity contribution in [1.29, 1.82) is 0 Å². The van der Waals surface area contributed by atoms with E-state index in [1.807, 2.05) is 17.5 Å². The smallest absolute Gasteiger partial charge is 0.342 e. The van der Waals surface area contributed by atoms with Crippen LogP contribution in [-0.2, 0) is 16.1 Å². The highest BCUT2D eigenvalue weighted by Crippen LogP contribution is 2.35. The predicted molar refractivity (Wildman–Crippen MR) is 121 cm³/mol. The quantitative estimate of drug-likeness (QED) is 0.468. The minimum absolute atomic E-state index is 0.150. The third-order valence-corrected chi connectivity index (χ3v) is 5.84. The highest BCUT2D eigenvalue weighted by Gasteiger charge is 2.23. The Morgan fingerprint density at radius 3 is 2.66 bits per heavy atom. The average Bonchev–Trinajstić information content (AvgIpc) is 3.34. The van der Waals surface area contributed by atoms with E-state index in [1.54, 1.807) is 35.2 Å². The van der Waals surface area contributed by atoms with Gasteiger partial charge in [-0.3, -0.25) is 4.79 Å². The Morgan fingerprint density at radius 1 is 1.09 bits per heavy atom. The fourth-order valence-electron chi connectivity index (χ4n) is 3.20. The molecule has 1 amide bonds. The number of carbonyl (C=O) groups is 2. The molecule has 9 heteroatoms. The Hall–Kier alpha value is -3.23. The number of ether oxygens (including phenoxy) is 4. The zero-order valence-corrected chi connectivity index (χ0v) is 18.8. The summed E-state index contributed by atoms with van der Waals surface area (Å²) in [5.41, 5.74) is 0.765. The number of thiophene rings is 1. The molecule has 0 aliphatic carbocycles. The highest BCUT2D eigenvalue weighted by atomic mass is 35.5. The van der Waals surface area contributed by atoms with Gasteiger partial charge in [0.1, 0.15) is 24.5 Å². The van der Waals surface area contributed by atoms with Crippen LogP contribution in [0.25, 0.3) is 0 Å². The molecular weight excluding hydrogens is 454 g/mol. The maximum atomic E-state index is 13.1. The molecule has 1 aliphatic rings. The minimum atomic E-state index is -0.698. The Labute approximate surface area is 194 Å². The van der Waals surface area contributed by atoms with Crippen LogP contribution in [0.4, 0.5) is 5.69 Å². The summed E-state index contributed by atoms with van der Waals surface area (Å²) in [6, 6.07) is 13.8. The lowest BCUT2D eigenvalue weighted by atomic mass is 10.2. The fourth-order valence-corrected chi connectivity index (χ4v) is 4.07. The van der Waals surface area contributed by atoms with Crippen molar-refractivity contribution < 1.29 is 28.5 Å². The van der Waals surface area contributed by atoms with Crippen molar-refractivity contribution in [3.8, 4) is 17.2 Å². The second kappa shape index (κ2) is 9.93. The third kappa shape index (κ3) is 4.98. The molecule has 166 valence electrons. The first-order chi connectivity index (χ1) is 15.5. The molecule has 7 nitrogen and oxygen atoms in total. The molecule has 2 heterocycles. The highest BCUT2D eigenvalue weighted by molar-refractivity contribution is 7.09. The number of halogens is 1. The SMILES string of the molecule is COc1ccc(Cl)cc1C(=O)OCC(=O)N(Cc1cccs1)c1ccc2c(c1)OCCO2. The van der Waals surface area contributed by atoms with Crippen molar-refractivity contribution in [1.82, 2.24) is 0 Å². The van der Waals surface area contributed by atoms with Crippen LogP contribution in [0.2, 0.25) is 5.02 Å². The lowest BCUT2D eigenvalue weighted by Crippen LogP contribution is -2.34. The van der Waals surface area contributed by atoms with E-state index in [4.69, 9.17) is 30.5 Å². The number of methoxy groups -OCH3 is 1. The number of fused-ring (bicyclic) bond motifs is 1. The van der Waals surface area contributed by atoms with Crippen LogP contribution in [0, 0.1) is 0 Å². The number of amides is 1. The van der Waals surface area contributed by atoms with E-state index in [1.165, 1.54) is 24.5 Å². The van der Waals surface area contributed by atoms with Gasteiger partial charge < -0.3 is 23.8 Å². The Bertz CT molecular complexity index is 1120. The van der Waals surface area contributed by atoms with Gasteiger partial charge in [0.15, 0.2) is 18.1 Å². The van der Waals surface area contributed by atoms with Crippen molar-refractivity contribution in [2.75, 3.05) is 31.8 Å². The number of nitrogens with zero attached hydrogens (tertiary/aromatic N) is 1. The van der Waals surface area contributed by atoms with Gasteiger partial charge in [0.25, 0.3) is 5.91 Å². The van der Waals surface area contributed by atoms with E-state index in [0.29, 0.717) is 47.7 Å². The first-order valence-electron chi connectivity index (χ1n) is 9.78. The summed E-state index contributed by atoms with van der Waals surface area (Å²) in [5.74, 6) is 0.427. The van der Waals surface area contributed by atoms with E-state index >= 15 is 0 Å². The summed E-state index contributed by atoms with van der Waals surface area (Å²) in [6.07, 6.45) is 0. The van der Waals surface area contributed by atoms with Gasteiger partial charge in [0.2, 0.25) is 0 Å². The number of hydrogen-bond acceptors (Lipinski definition) is 7. The summed E-state index contributed by atoms with van der Waals surface area (Å²) in [4.78, 5) is 28.2. The van der Waals surface area contributed by atoms with Crippen molar-refractivity contribution in [2.45, 2.75) is 6.54 Å². The number of carbonyl (C=O) groups excluding carboxylic acids is 2. The van der Waals surface area contributed by atoms with Gasteiger partial charge in [-0.25, -0.2) is 4.79 Å². The van der Waals surface area contributed by atoms with Crippen LogP contribution in [0.15, 0.2) is 53.9 Å². The first kappa shape index (κ1) is 22.0. The second-order valence-electron chi connectivity index (χ2n) is 6.81. The van der Waals surface area contributed by atoms with E-state index in [2.05, 4.69) is 0 Å². The zero-order chi connectivity index (χ0) is 22.5. The molecule has 0 atom stereocenters. The van der Waals surface area contributed by atoms with E-state index in [0.717, 1.165) is 4.88 Å². The van der Waals surface area contributed by atoms with Crippen molar-refractivity contribution in [3.05, 3.63) is 69.4 Å². The number of benzene rings is 2. The first-order valence-corrected chi connectivity index (χ1v) is 11.0. The van der Waals surface area contributed by atoms with Crippen LogP contribution >= 0.6 is 22.9 Å². The number of esters is 1. The Kier molecular flexibility index (Phi) is 6.82. The topological polar surface area (TPSA) is 74.3 Å². The molecule has 0 radical (unpaired) electrons. The average molecular weight is 474 g/mol. The normalized spacial score (nSPS) is 12.2. The van der Waals surface area contributed by atoms with Crippen LogP contribution in [0.5, 0.6) is 17.2 Å². The van der Waals surface area contributed by atoms with Crippen molar-refractivity contribution in [3.63, 3.8) is 0 Å². The number of rotatable bonds is 7. The van der Waals surface area contributed by atoms with Gasteiger partial charge in [0, 0.05) is 21.7 Å². The van der Waals surface area contributed by atoms with E-state index in [-0.39, 0.29) is 11.5 Å². The molecule has 0 spiro atoms. The fraction of sp³-hybridized carbons (Fsp3) is 0.217. The molecule has 0 N–H and O–H groups in total. The van der Waals surface area contributed by atoms with Gasteiger partial charge in [-0.1, -0.05) is 17.7 Å². The summed E-state index contributed by atoms with van der Waals surface area (Å²) >= 11 is 7.52. The summed E-state index contributed by atoms with van der Waals surface area (Å²) in [6.45, 7) is 0.796. The number of anilines is 1. The van der Waals surface area contributed by atoms with Crippen LogP contribution < -0.4 is 19.1 Å². The molecule has 32 heavy (non-hydrogen) atoms. The van der Waals surface area contributed by atoms with Crippen LogP contribution in [-0.4, -0.2) is 38.8 Å². The van der Waals surface area contributed by atoms with Crippen LogP contribution in [0.1, 0.15) is 15.2 Å². The molecule has 0 fully saturated rings. The molecular formula is C23H20ClNO6S. The van der Waals surface area contributed by atoms with Gasteiger partial charge in [-0.05, 0) is 41.8 Å². The predicted octanol–water partition coefficient (Wildman–Crippen LogP) is 4.57. The molecule has 0 saturated carbocycles. The van der Waals surface area contributed by atoms with Gasteiger partial charge >= 0.3 is 5.97 Å². The minimum Gasteiger partial charge on any atom is -0.496 e. The standard InChI is InChI=1S/C23H20ClNO6S/c1-28-19-6-4-15(24)11-18(19)23(27)31-14-22(26)25(13-17-3-2-10-32-17)16-5-7-20-21(12-16)30-9-8-29-20/h2-7,10-12H,8-9,13-14H2,1H3.